The minimum Gasteiger partial charge on any atom is -0.493 e. The van der Waals surface area contributed by atoms with Gasteiger partial charge in [-0.1, -0.05) is 11.6 Å². The molecule has 19 heavy (non-hydrogen) atoms. The Balaban J connectivity index is 2.45. The van der Waals surface area contributed by atoms with E-state index in [1.165, 1.54) is 19.2 Å². The normalized spacial score (nSPS) is 14.6. The highest BCUT2D eigenvalue weighted by molar-refractivity contribution is 6.41. The number of carboxylic acid groups (broad SMARTS) is 1. The summed E-state index contributed by atoms with van der Waals surface area (Å²) in [6.45, 7) is 0. The third-order valence-corrected chi connectivity index (χ3v) is 3.23. The zero-order valence-corrected chi connectivity index (χ0v) is 11.1. The Kier molecular flexibility index (Phi) is 3.95. The van der Waals surface area contributed by atoms with Crippen molar-refractivity contribution < 1.29 is 24.2 Å². The Bertz CT molecular complexity index is 522. The fourth-order valence-electron chi connectivity index (χ4n) is 1.78. The van der Waals surface area contributed by atoms with Crippen molar-refractivity contribution >= 4 is 23.4 Å². The molecule has 1 aliphatic rings. The lowest BCUT2D eigenvalue weighted by atomic mass is 9.96. The summed E-state index contributed by atoms with van der Waals surface area (Å²) in [5.74, 6) is -2.19. The van der Waals surface area contributed by atoms with Crippen LogP contribution in [0.15, 0.2) is 12.1 Å². The van der Waals surface area contributed by atoms with E-state index in [-0.39, 0.29) is 28.2 Å². The van der Waals surface area contributed by atoms with E-state index < -0.39 is 11.8 Å². The van der Waals surface area contributed by atoms with Crippen molar-refractivity contribution in [1.82, 2.24) is 0 Å². The average molecular weight is 285 g/mol. The summed E-state index contributed by atoms with van der Waals surface area (Å²) in [6.07, 6.45) is 2.82. The van der Waals surface area contributed by atoms with Gasteiger partial charge < -0.3 is 14.6 Å². The van der Waals surface area contributed by atoms with Crippen molar-refractivity contribution in [2.24, 2.45) is 0 Å². The minimum absolute atomic E-state index is 0.00424. The van der Waals surface area contributed by atoms with Gasteiger partial charge in [0.2, 0.25) is 0 Å². The van der Waals surface area contributed by atoms with E-state index in [2.05, 4.69) is 0 Å². The number of rotatable bonds is 5. The number of carbonyl (C=O) groups is 2. The van der Waals surface area contributed by atoms with E-state index in [9.17, 15) is 9.59 Å². The van der Waals surface area contributed by atoms with E-state index in [0.29, 0.717) is 0 Å². The Morgan fingerprint density at radius 2 is 2.05 bits per heavy atom. The van der Waals surface area contributed by atoms with Gasteiger partial charge >= 0.3 is 5.97 Å². The van der Waals surface area contributed by atoms with E-state index in [1.54, 1.807) is 0 Å². The van der Waals surface area contributed by atoms with Gasteiger partial charge in [-0.3, -0.25) is 4.79 Å². The zero-order chi connectivity index (χ0) is 14.0. The van der Waals surface area contributed by atoms with Gasteiger partial charge in [-0.2, -0.15) is 0 Å². The molecule has 0 unspecified atom stereocenters. The first-order chi connectivity index (χ1) is 9.02. The first-order valence-corrected chi connectivity index (χ1v) is 6.22. The van der Waals surface area contributed by atoms with Crippen molar-refractivity contribution in [2.75, 3.05) is 7.11 Å². The van der Waals surface area contributed by atoms with Crippen molar-refractivity contribution in [3.05, 3.63) is 22.7 Å². The van der Waals surface area contributed by atoms with Crippen molar-refractivity contribution in [3.63, 3.8) is 0 Å². The molecule has 0 amide bonds. The summed E-state index contributed by atoms with van der Waals surface area (Å²) in [6, 6.07) is 2.78. The fourth-order valence-corrected chi connectivity index (χ4v) is 1.99. The number of benzene rings is 1. The smallest absolute Gasteiger partial charge is 0.377 e. The predicted octanol–water partition coefficient (Wildman–Crippen LogP) is 2.55. The monoisotopic (exact) mass is 284 g/mol. The molecule has 6 heteroatoms. The van der Waals surface area contributed by atoms with Crippen molar-refractivity contribution in [1.29, 1.82) is 0 Å². The van der Waals surface area contributed by atoms with Gasteiger partial charge in [0.1, 0.15) is 0 Å². The van der Waals surface area contributed by atoms with Gasteiger partial charge in [-0.05, 0) is 25.3 Å². The van der Waals surface area contributed by atoms with Gasteiger partial charge in [-0.25, -0.2) is 4.79 Å². The number of hydrogen-bond donors (Lipinski definition) is 1. The van der Waals surface area contributed by atoms with Crippen LogP contribution >= 0.6 is 11.6 Å². The van der Waals surface area contributed by atoms with E-state index in [4.69, 9.17) is 26.2 Å². The molecule has 1 saturated carbocycles. The number of Topliss-reactive ketones (excluding diaryl/α,β-unsaturated/α-hetero) is 1. The quantitative estimate of drug-likeness (QED) is 0.664. The molecule has 0 heterocycles. The third-order valence-electron chi connectivity index (χ3n) is 3.02. The number of hydrogen-bond acceptors (Lipinski definition) is 4. The van der Waals surface area contributed by atoms with Crippen LogP contribution in [0.2, 0.25) is 5.02 Å². The lowest BCUT2D eigenvalue weighted by molar-refractivity contribution is -0.131. The lowest BCUT2D eigenvalue weighted by Crippen LogP contribution is -2.26. The maximum Gasteiger partial charge on any atom is 0.377 e. The number of methoxy groups -OCH3 is 1. The molecule has 1 fully saturated rings. The Hall–Kier alpha value is -1.75. The van der Waals surface area contributed by atoms with Crippen LogP contribution in [0.1, 0.15) is 29.6 Å². The van der Waals surface area contributed by atoms with Crippen LogP contribution < -0.4 is 9.47 Å². The summed E-state index contributed by atoms with van der Waals surface area (Å²) in [7, 11) is 1.41. The van der Waals surface area contributed by atoms with E-state index in [1.807, 2.05) is 0 Å². The first-order valence-electron chi connectivity index (χ1n) is 5.84. The van der Waals surface area contributed by atoms with Crippen LogP contribution in [0, 0.1) is 0 Å². The number of aliphatic carboxylic acids is 1. The van der Waals surface area contributed by atoms with Crippen LogP contribution in [0.4, 0.5) is 0 Å². The molecule has 0 bridgehead atoms. The topological polar surface area (TPSA) is 72.8 Å². The number of ketones is 1. The molecule has 1 aromatic rings. The standard InChI is InChI=1S/C13H13ClO5/c1-18-10-6-7(14)5-9(11(15)13(16)17)12(10)19-8-3-2-4-8/h5-6,8H,2-4H2,1H3,(H,16,17). The summed E-state index contributed by atoms with van der Waals surface area (Å²) < 4.78 is 10.8. The van der Waals surface area contributed by atoms with Crippen molar-refractivity contribution in [3.8, 4) is 11.5 Å². The summed E-state index contributed by atoms with van der Waals surface area (Å²) >= 11 is 5.85. The number of halogens is 1. The fraction of sp³-hybridized carbons (Fsp3) is 0.385. The molecule has 1 aliphatic carbocycles. The van der Waals surface area contributed by atoms with Gasteiger partial charge in [0.05, 0.1) is 18.8 Å². The molecule has 0 aliphatic heterocycles. The van der Waals surface area contributed by atoms with Crippen LogP contribution in [0.3, 0.4) is 0 Å². The van der Waals surface area contributed by atoms with E-state index >= 15 is 0 Å². The minimum atomic E-state index is -1.55. The molecule has 0 aromatic heterocycles. The molecular weight excluding hydrogens is 272 g/mol. The Morgan fingerprint density at radius 1 is 1.37 bits per heavy atom. The highest BCUT2D eigenvalue weighted by atomic mass is 35.5. The highest BCUT2D eigenvalue weighted by Crippen LogP contribution is 2.38. The summed E-state index contributed by atoms with van der Waals surface area (Å²) in [4.78, 5) is 22.5. The first kappa shape index (κ1) is 13.7. The number of ether oxygens (including phenoxy) is 2. The molecule has 0 saturated heterocycles. The highest BCUT2D eigenvalue weighted by Gasteiger charge is 2.27. The SMILES string of the molecule is COc1cc(Cl)cc(C(=O)C(=O)O)c1OC1CCC1. The molecule has 0 spiro atoms. The van der Waals surface area contributed by atoms with Gasteiger partial charge in [0.25, 0.3) is 5.78 Å². The van der Waals surface area contributed by atoms with Gasteiger partial charge in [0, 0.05) is 11.1 Å². The van der Waals surface area contributed by atoms with Crippen LogP contribution in [0.5, 0.6) is 11.5 Å². The number of carbonyl (C=O) groups excluding carboxylic acids is 1. The largest absolute Gasteiger partial charge is 0.493 e. The maximum atomic E-state index is 11.7. The van der Waals surface area contributed by atoms with Crippen LogP contribution in [-0.4, -0.2) is 30.1 Å². The summed E-state index contributed by atoms with van der Waals surface area (Å²) in [5, 5.41) is 9.06. The molecule has 5 nitrogen and oxygen atoms in total. The molecule has 1 N–H and O–H groups in total. The second kappa shape index (κ2) is 5.48. The second-order valence-electron chi connectivity index (χ2n) is 4.29. The second-order valence-corrected chi connectivity index (χ2v) is 4.73. The van der Waals surface area contributed by atoms with Crippen molar-refractivity contribution in [2.45, 2.75) is 25.4 Å². The summed E-state index contributed by atoms with van der Waals surface area (Å²) in [5.41, 5.74) is -0.0799. The predicted molar refractivity (Wildman–Crippen MR) is 68.2 cm³/mol. The molecule has 0 atom stereocenters. The molecule has 2 rings (SSSR count). The average Bonchev–Trinajstić information content (AvgIpc) is 2.32. The molecular formula is C13H13ClO5. The van der Waals surface area contributed by atoms with Gasteiger partial charge in [0.15, 0.2) is 11.5 Å². The molecule has 1 aromatic carbocycles. The Labute approximate surface area is 115 Å². The van der Waals surface area contributed by atoms with E-state index in [0.717, 1.165) is 19.3 Å². The van der Waals surface area contributed by atoms with Gasteiger partial charge in [-0.15, -0.1) is 0 Å². The van der Waals surface area contributed by atoms with Crippen LogP contribution in [0.25, 0.3) is 0 Å². The zero-order valence-electron chi connectivity index (χ0n) is 10.3. The molecule has 0 radical (unpaired) electrons. The number of carboxylic acids is 1. The Morgan fingerprint density at radius 3 is 2.53 bits per heavy atom. The van der Waals surface area contributed by atoms with Crippen LogP contribution in [-0.2, 0) is 4.79 Å². The third kappa shape index (κ3) is 2.81. The molecule has 102 valence electrons. The maximum absolute atomic E-state index is 11.7. The lowest BCUT2D eigenvalue weighted by Gasteiger charge is -2.28.